The van der Waals surface area contributed by atoms with Gasteiger partial charge in [-0.15, -0.1) is 11.8 Å². The summed E-state index contributed by atoms with van der Waals surface area (Å²) in [6.07, 6.45) is 0. The zero-order chi connectivity index (χ0) is 17.8. The fourth-order valence-electron chi connectivity index (χ4n) is 2.44. The third kappa shape index (κ3) is 4.24. The monoisotopic (exact) mass is 372 g/mol. The molecule has 4 nitrogen and oxygen atoms in total. The number of ether oxygens (including phenoxy) is 1. The Labute approximate surface area is 155 Å². The highest BCUT2D eigenvalue weighted by atomic mass is 35.5. The van der Waals surface area contributed by atoms with Gasteiger partial charge in [-0.05, 0) is 43.3 Å². The number of carbonyl (C=O) groups is 1. The summed E-state index contributed by atoms with van der Waals surface area (Å²) in [7, 11) is 1.63. The van der Waals surface area contributed by atoms with Crippen LogP contribution < -0.4 is 10.1 Å². The Balaban J connectivity index is 1.78. The molecule has 128 valence electrons. The van der Waals surface area contributed by atoms with Gasteiger partial charge in [-0.1, -0.05) is 23.7 Å². The summed E-state index contributed by atoms with van der Waals surface area (Å²) < 4.78 is 5.29. The van der Waals surface area contributed by atoms with E-state index in [9.17, 15) is 4.79 Å². The predicted molar refractivity (Wildman–Crippen MR) is 104 cm³/mol. The van der Waals surface area contributed by atoms with Crippen LogP contribution in [0.1, 0.15) is 5.69 Å². The molecule has 3 aromatic rings. The average Bonchev–Trinajstić information content (AvgIpc) is 2.61. The number of hydrogen-bond donors (Lipinski definition) is 1. The van der Waals surface area contributed by atoms with Crippen LogP contribution in [0.2, 0.25) is 5.02 Å². The Morgan fingerprint density at radius 2 is 2.04 bits per heavy atom. The molecule has 2 aromatic carbocycles. The molecule has 0 radical (unpaired) electrons. The molecule has 0 saturated carbocycles. The lowest BCUT2D eigenvalue weighted by Crippen LogP contribution is -2.14. The molecule has 0 unspecified atom stereocenters. The van der Waals surface area contributed by atoms with Crippen molar-refractivity contribution in [3.05, 3.63) is 59.2 Å². The minimum Gasteiger partial charge on any atom is -0.497 e. The maximum Gasteiger partial charge on any atom is 0.234 e. The van der Waals surface area contributed by atoms with Gasteiger partial charge in [0.05, 0.1) is 29.1 Å². The number of anilines is 1. The molecule has 1 amide bonds. The first kappa shape index (κ1) is 17.6. The second-order valence-corrected chi connectivity index (χ2v) is 6.89. The number of fused-ring (bicyclic) bond motifs is 1. The minimum atomic E-state index is -0.108. The highest BCUT2D eigenvalue weighted by Gasteiger charge is 2.10. The molecule has 1 aromatic heterocycles. The van der Waals surface area contributed by atoms with Crippen LogP contribution in [0.3, 0.4) is 0 Å². The molecule has 0 bridgehead atoms. The molecule has 25 heavy (non-hydrogen) atoms. The van der Waals surface area contributed by atoms with Crippen molar-refractivity contribution < 1.29 is 9.53 Å². The van der Waals surface area contributed by atoms with E-state index in [1.165, 1.54) is 11.8 Å². The molecule has 1 heterocycles. The molecule has 0 atom stereocenters. The van der Waals surface area contributed by atoms with E-state index in [1.807, 2.05) is 43.3 Å². The second kappa shape index (κ2) is 7.76. The van der Waals surface area contributed by atoms with Gasteiger partial charge in [0, 0.05) is 16.0 Å². The first-order valence-electron chi connectivity index (χ1n) is 7.69. The summed E-state index contributed by atoms with van der Waals surface area (Å²) in [4.78, 5) is 17.8. The predicted octanol–water partition coefficient (Wildman–Crippen LogP) is 4.94. The molecule has 0 aliphatic carbocycles. The quantitative estimate of drug-likeness (QED) is 0.645. The molecule has 0 aliphatic heterocycles. The topological polar surface area (TPSA) is 51.2 Å². The lowest BCUT2D eigenvalue weighted by Gasteiger charge is -2.10. The van der Waals surface area contributed by atoms with Gasteiger partial charge in [0.15, 0.2) is 0 Å². The maximum atomic E-state index is 12.3. The Kier molecular flexibility index (Phi) is 5.46. The number of amides is 1. The van der Waals surface area contributed by atoms with Crippen LogP contribution in [0.25, 0.3) is 10.9 Å². The molecular weight excluding hydrogens is 356 g/mol. The first-order valence-corrected chi connectivity index (χ1v) is 9.06. The summed E-state index contributed by atoms with van der Waals surface area (Å²) in [5.74, 6) is 0.935. The van der Waals surface area contributed by atoms with E-state index in [1.54, 1.807) is 19.2 Å². The lowest BCUT2D eigenvalue weighted by atomic mass is 10.2. The number of aromatic nitrogens is 1. The highest BCUT2D eigenvalue weighted by molar-refractivity contribution is 8.00. The molecule has 0 aliphatic rings. The number of carbonyl (C=O) groups excluding carboxylic acids is 1. The zero-order valence-corrected chi connectivity index (χ0v) is 15.4. The molecule has 1 N–H and O–H groups in total. The normalized spacial score (nSPS) is 10.7. The number of para-hydroxylation sites is 1. The molecule has 3 rings (SSSR count). The lowest BCUT2D eigenvalue weighted by molar-refractivity contribution is -0.113. The minimum absolute atomic E-state index is 0.108. The van der Waals surface area contributed by atoms with Crippen molar-refractivity contribution in [1.82, 2.24) is 4.98 Å². The van der Waals surface area contributed by atoms with Crippen LogP contribution in [-0.4, -0.2) is 23.8 Å². The van der Waals surface area contributed by atoms with E-state index in [2.05, 4.69) is 10.3 Å². The van der Waals surface area contributed by atoms with Gasteiger partial charge >= 0.3 is 0 Å². The number of benzene rings is 2. The number of thioether (sulfide) groups is 1. The third-order valence-corrected chi connectivity index (χ3v) is 5.00. The summed E-state index contributed by atoms with van der Waals surface area (Å²) in [5, 5.41) is 4.33. The second-order valence-electron chi connectivity index (χ2n) is 5.46. The van der Waals surface area contributed by atoms with E-state index < -0.39 is 0 Å². The summed E-state index contributed by atoms with van der Waals surface area (Å²) in [6, 6.07) is 14.9. The van der Waals surface area contributed by atoms with Crippen LogP contribution >= 0.6 is 23.4 Å². The Morgan fingerprint density at radius 3 is 2.80 bits per heavy atom. The van der Waals surface area contributed by atoms with Crippen LogP contribution in [-0.2, 0) is 4.79 Å². The molecule has 0 spiro atoms. The van der Waals surface area contributed by atoms with Gasteiger partial charge in [-0.25, -0.2) is 0 Å². The van der Waals surface area contributed by atoms with Gasteiger partial charge in [0.2, 0.25) is 5.91 Å². The van der Waals surface area contributed by atoms with Crippen molar-refractivity contribution >= 4 is 45.9 Å². The Morgan fingerprint density at radius 1 is 1.24 bits per heavy atom. The molecule has 6 heteroatoms. The number of nitrogens with one attached hydrogen (secondary N) is 1. The van der Waals surface area contributed by atoms with Gasteiger partial charge in [-0.2, -0.15) is 0 Å². The third-order valence-electron chi connectivity index (χ3n) is 3.61. The number of hydrogen-bond acceptors (Lipinski definition) is 4. The van der Waals surface area contributed by atoms with E-state index in [4.69, 9.17) is 16.3 Å². The summed E-state index contributed by atoms with van der Waals surface area (Å²) in [5.41, 5.74) is 2.41. The number of halogens is 1. The van der Waals surface area contributed by atoms with Gasteiger partial charge < -0.3 is 10.1 Å². The number of pyridine rings is 1. The van der Waals surface area contributed by atoms with Crippen LogP contribution in [0, 0.1) is 6.92 Å². The van der Waals surface area contributed by atoms with Crippen molar-refractivity contribution in [2.24, 2.45) is 0 Å². The van der Waals surface area contributed by atoms with E-state index in [-0.39, 0.29) is 11.7 Å². The molecular formula is C19H17ClN2O2S. The maximum absolute atomic E-state index is 12.3. The molecule has 0 saturated heterocycles. The number of methoxy groups -OCH3 is 1. The van der Waals surface area contributed by atoms with Gasteiger partial charge in [0.1, 0.15) is 5.75 Å². The summed E-state index contributed by atoms with van der Waals surface area (Å²) >= 11 is 7.54. The van der Waals surface area contributed by atoms with Crippen molar-refractivity contribution in [3.8, 4) is 5.75 Å². The number of nitrogens with zero attached hydrogens (tertiary/aromatic N) is 1. The SMILES string of the molecule is COc1ccc2nc(C)cc(SCC(=O)Nc3ccccc3Cl)c2c1. The van der Waals surface area contributed by atoms with E-state index in [0.29, 0.717) is 10.7 Å². The largest absolute Gasteiger partial charge is 0.497 e. The van der Waals surface area contributed by atoms with Crippen molar-refractivity contribution in [2.45, 2.75) is 11.8 Å². The Bertz CT molecular complexity index is 930. The fourth-order valence-corrected chi connectivity index (χ4v) is 3.55. The van der Waals surface area contributed by atoms with Gasteiger partial charge in [-0.3, -0.25) is 9.78 Å². The summed E-state index contributed by atoms with van der Waals surface area (Å²) in [6.45, 7) is 1.94. The van der Waals surface area contributed by atoms with Crippen LogP contribution in [0.4, 0.5) is 5.69 Å². The first-order chi connectivity index (χ1) is 12.1. The van der Waals surface area contributed by atoms with Gasteiger partial charge in [0.25, 0.3) is 0 Å². The standard InChI is InChI=1S/C19H17ClN2O2S/c1-12-9-18(14-10-13(24-2)7-8-16(14)21-12)25-11-19(23)22-17-6-4-3-5-15(17)20/h3-10H,11H2,1-2H3,(H,22,23). The zero-order valence-electron chi connectivity index (χ0n) is 13.9. The highest BCUT2D eigenvalue weighted by Crippen LogP contribution is 2.31. The fraction of sp³-hybridized carbons (Fsp3) is 0.158. The smallest absolute Gasteiger partial charge is 0.234 e. The molecule has 0 fully saturated rings. The van der Waals surface area contributed by atoms with Crippen molar-refractivity contribution in [2.75, 3.05) is 18.2 Å². The van der Waals surface area contributed by atoms with Crippen LogP contribution in [0.5, 0.6) is 5.75 Å². The average molecular weight is 373 g/mol. The van der Waals surface area contributed by atoms with Crippen molar-refractivity contribution in [3.63, 3.8) is 0 Å². The van der Waals surface area contributed by atoms with E-state index >= 15 is 0 Å². The van der Waals surface area contributed by atoms with E-state index in [0.717, 1.165) is 27.2 Å². The number of rotatable bonds is 5. The van der Waals surface area contributed by atoms with Crippen LogP contribution in [0.15, 0.2) is 53.4 Å². The Hall–Kier alpha value is -2.24. The van der Waals surface area contributed by atoms with Crippen molar-refractivity contribution in [1.29, 1.82) is 0 Å². The number of aryl methyl sites for hydroxylation is 1.